The number of cyclic esters (lactones) is 1. The SMILES string of the molecule is O=C(CSc1nnc(Cc2cccc3ccccc23)n1C1CCCCC1)N1CCOC1=O. The molecule has 0 N–H and O–H groups in total. The Hall–Kier alpha value is -2.87. The van der Waals surface area contributed by atoms with Crippen LogP contribution in [-0.2, 0) is 16.0 Å². The molecule has 32 heavy (non-hydrogen) atoms. The summed E-state index contributed by atoms with van der Waals surface area (Å²) in [5, 5.41) is 12.2. The van der Waals surface area contributed by atoms with Crippen molar-refractivity contribution < 1.29 is 14.3 Å². The largest absolute Gasteiger partial charge is 0.447 e. The van der Waals surface area contributed by atoms with E-state index in [1.54, 1.807) is 0 Å². The van der Waals surface area contributed by atoms with Crippen LogP contribution in [0.25, 0.3) is 10.8 Å². The highest BCUT2D eigenvalue weighted by Gasteiger charge is 2.29. The Morgan fingerprint density at radius 2 is 1.88 bits per heavy atom. The molecule has 0 bridgehead atoms. The van der Waals surface area contributed by atoms with Crippen LogP contribution >= 0.6 is 11.8 Å². The molecule has 3 aromatic rings. The van der Waals surface area contributed by atoms with E-state index in [1.807, 2.05) is 0 Å². The molecule has 2 aromatic carbocycles. The highest BCUT2D eigenvalue weighted by molar-refractivity contribution is 7.99. The number of ether oxygens (including phenoxy) is 1. The van der Waals surface area contributed by atoms with Crippen LogP contribution in [0.1, 0.15) is 49.5 Å². The van der Waals surface area contributed by atoms with Crippen LogP contribution < -0.4 is 0 Å². The lowest BCUT2D eigenvalue weighted by atomic mass is 9.95. The molecule has 1 saturated heterocycles. The fraction of sp³-hybridized carbons (Fsp3) is 0.417. The molecule has 2 amide bonds. The Bertz CT molecular complexity index is 1130. The molecule has 0 radical (unpaired) electrons. The molecule has 0 unspecified atom stereocenters. The molecule has 7 nitrogen and oxygen atoms in total. The summed E-state index contributed by atoms with van der Waals surface area (Å²) in [6, 6.07) is 15.1. The number of hydrogen-bond acceptors (Lipinski definition) is 6. The number of fused-ring (bicyclic) bond motifs is 1. The van der Waals surface area contributed by atoms with Crippen LogP contribution in [-0.4, -0.2) is 50.6 Å². The highest BCUT2D eigenvalue weighted by Crippen LogP contribution is 2.34. The van der Waals surface area contributed by atoms with Gasteiger partial charge in [0.15, 0.2) is 5.16 Å². The van der Waals surface area contributed by atoms with Crippen molar-refractivity contribution in [3.63, 3.8) is 0 Å². The van der Waals surface area contributed by atoms with Gasteiger partial charge in [0.05, 0.1) is 12.3 Å². The first-order chi connectivity index (χ1) is 15.7. The van der Waals surface area contributed by atoms with Gasteiger partial charge in [0.25, 0.3) is 0 Å². The normalized spacial score (nSPS) is 17.1. The minimum absolute atomic E-state index is 0.147. The van der Waals surface area contributed by atoms with Crippen molar-refractivity contribution in [2.45, 2.75) is 49.7 Å². The Labute approximate surface area is 191 Å². The van der Waals surface area contributed by atoms with Crippen LogP contribution in [0, 0.1) is 0 Å². The van der Waals surface area contributed by atoms with Crippen molar-refractivity contribution in [1.29, 1.82) is 0 Å². The van der Waals surface area contributed by atoms with Crippen LogP contribution in [0.3, 0.4) is 0 Å². The van der Waals surface area contributed by atoms with E-state index >= 15 is 0 Å². The van der Waals surface area contributed by atoms with E-state index in [4.69, 9.17) is 4.74 Å². The zero-order valence-electron chi connectivity index (χ0n) is 17.9. The van der Waals surface area contributed by atoms with Crippen LogP contribution in [0.15, 0.2) is 47.6 Å². The molecule has 1 saturated carbocycles. The van der Waals surface area contributed by atoms with E-state index in [0.717, 1.165) is 23.8 Å². The molecule has 2 fully saturated rings. The number of benzene rings is 2. The molecule has 5 rings (SSSR count). The summed E-state index contributed by atoms with van der Waals surface area (Å²) < 4.78 is 7.14. The molecule has 1 aliphatic carbocycles. The Morgan fingerprint density at radius 3 is 2.69 bits per heavy atom. The van der Waals surface area contributed by atoms with Gasteiger partial charge in [-0.15, -0.1) is 10.2 Å². The van der Waals surface area contributed by atoms with Gasteiger partial charge in [-0.1, -0.05) is 73.5 Å². The van der Waals surface area contributed by atoms with E-state index in [1.165, 1.54) is 52.3 Å². The second-order valence-electron chi connectivity index (χ2n) is 8.32. The third-order valence-corrected chi connectivity index (χ3v) is 7.22. The van der Waals surface area contributed by atoms with Gasteiger partial charge in [-0.25, -0.2) is 9.69 Å². The molecule has 1 aromatic heterocycles. The lowest BCUT2D eigenvalue weighted by Crippen LogP contribution is -2.33. The smallest absolute Gasteiger partial charge is 0.416 e. The fourth-order valence-electron chi connectivity index (χ4n) is 4.67. The van der Waals surface area contributed by atoms with Gasteiger partial charge in [0.1, 0.15) is 12.4 Å². The zero-order chi connectivity index (χ0) is 21.9. The molecule has 2 heterocycles. The Morgan fingerprint density at radius 1 is 1.06 bits per heavy atom. The minimum Gasteiger partial charge on any atom is -0.447 e. The zero-order valence-corrected chi connectivity index (χ0v) is 18.7. The van der Waals surface area contributed by atoms with E-state index in [9.17, 15) is 9.59 Å². The summed E-state index contributed by atoms with van der Waals surface area (Å²) in [5.41, 5.74) is 1.22. The van der Waals surface area contributed by atoms with Crippen molar-refractivity contribution in [3.05, 3.63) is 53.9 Å². The third kappa shape index (κ3) is 4.24. The summed E-state index contributed by atoms with van der Waals surface area (Å²) in [4.78, 5) is 25.4. The molecule has 0 spiro atoms. The number of imide groups is 1. The van der Waals surface area contributed by atoms with Crippen LogP contribution in [0.2, 0.25) is 0 Å². The quantitative estimate of drug-likeness (QED) is 0.511. The standard InChI is InChI=1S/C24H26N4O3S/c29-22(27-13-14-31-24(27)30)16-32-23-26-25-21(28(23)19-10-2-1-3-11-19)15-18-9-6-8-17-7-4-5-12-20(17)18/h4-9,12,19H,1-3,10-11,13-16H2. The molecular formula is C24H26N4O3S. The number of carbonyl (C=O) groups excluding carboxylic acids is 2. The van der Waals surface area contributed by atoms with Gasteiger partial charge in [0, 0.05) is 12.5 Å². The van der Waals surface area contributed by atoms with Crippen LogP contribution in [0.4, 0.5) is 4.79 Å². The summed E-state index contributed by atoms with van der Waals surface area (Å²) in [7, 11) is 0. The van der Waals surface area contributed by atoms with Gasteiger partial charge in [-0.05, 0) is 29.2 Å². The number of thioether (sulfide) groups is 1. The second-order valence-corrected chi connectivity index (χ2v) is 9.27. The summed E-state index contributed by atoms with van der Waals surface area (Å²) >= 11 is 1.36. The second kappa shape index (κ2) is 9.32. The van der Waals surface area contributed by atoms with Crippen molar-refractivity contribution >= 4 is 34.5 Å². The number of nitrogens with zero attached hydrogens (tertiary/aromatic N) is 4. The molecule has 166 valence electrons. The van der Waals surface area contributed by atoms with E-state index in [-0.39, 0.29) is 18.3 Å². The number of carbonyl (C=O) groups is 2. The fourth-order valence-corrected chi connectivity index (χ4v) is 5.57. The number of hydrogen-bond donors (Lipinski definition) is 0. The van der Waals surface area contributed by atoms with E-state index in [2.05, 4.69) is 57.2 Å². The first kappa shape index (κ1) is 21.0. The minimum atomic E-state index is -0.555. The summed E-state index contributed by atoms with van der Waals surface area (Å²) in [6.07, 6.45) is 5.98. The highest BCUT2D eigenvalue weighted by atomic mass is 32.2. The third-order valence-electron chi connectivity index (χ3n) is 6.29. The average Bonchev–Trinajstić information content (AvgIpc) is 3.44. The van der Waals surface area contributed by atoms with Crippen molar-refractivity contribution in [3.8, 4) is 0 Å². The summed E-state index contributed by atoms with van der Waals surface area (Å²) in [5.74, 6) is 0.837. The number of amides is 2. The summed E-state index contributed by atoms with van der Waals surface area (Å²) in [6.45, 7) is 0.586. The molecule has 8 heteroatoms. The number of rotatable bonds is 6. The van der Waals surface area contributed by atoms with Crippen molar-refractivity contribution in [2.75, 3.05) is 18.9 Å². The molecular weight excluding hydrogens is 424 g/mol. The molecule has 1 aliphatic heterocycles. The maximum absolute atomic E-state index is 12.5. The van der Waals surface area contributed by atoms with Gasteiger partial charge in [0.2, 0.25) is 5.91 Å². The molecule has 2 aliphatic rings. The van der Waals surface area contributed by atoms with Gasteiger partial charge in [-0.3, -0.25) is 4.79 Å². The average molecular weight is 451 g/mol. The maximum atomic E-state index is 12.5. The lowest BCUT2D eigenvalue weighted by Gasteiger charge is -2.25. The van der Waals surface area contributed by atoms with Gasteiger partial charge >= 0.3 is 6.09 Å². The monoisotopic (exact) mass is 450 g/mol. The maximum Gasteiger partial charge on any atom is 0.416 e. The predicted molar refractivity (Wildman–Crippen MR) is 123 cm³/mol. The number of aromatic nitrogens is 3. The molecule has 0 atom stereocenters. The van der Waals surface area contributed by atoms with Crippen molar-refractivity contribution in [2.24, 2.45) is 0 Å². The Balaban J connectivity index is 1.41. The van der Waals surface area contributed by atoms with Crippen molar-refractivity contribution in [1.82, 2.24) is 19.7 Å². The van der Waals surface area contributed by atoms with Crippen LogP contribution in [0.5, 0.6) is 0 Å². The van der Waals surface area contributed by atoms with Gasteiger partial charge < -0.3 is 9.30 Å². The lowest BCUT2D eigenvalue weighted by molar-refractivity contribution is -0.125. The van der Waals surface area contributed by atoms with E-state index < -0.39 is 6.09 Å². The predicted octanol–water partition coefficient (Wildman–Crippen LogP) is 4.60. The van der Waals surface area contributed by atoms with E-state index in [0.29, 0.717) is 19.0 Å². The Kier molecular flexibility index (Phi) is 6.12. The topological polar surface area (TPSA) is 77.3 Å². The first-order valence-corrected chi connectivity index (χ1v) is 12.2. The first-order valence-electron chi connectivity index (χ1n) is 11.2. The van der Waals surface area contributed by atoms with Gasteiger partial charge in [-0.2, -0.15) is 0 Å².